The number of nitrogen functional groups attached to an aromatic ring is 1. The Hall–Kier alpha value is -4.54. The summed E-state index contributed by atoms with van der Waals surface area (Å²) in [5.41, 5.74) is 7.08. The highest BCUT2D eigenvalue weighted by molar-refractivity contribution is 5.85. The van der Waals surface area contributed by atoms with Gasteiger partial charge in [-0.3, -0.25) is 14.8 Å². The van der Waals surface area contributed by atoms with Crippen molar-refractivity contribution in [1.82, 2.24) is 19.9 Å². The lowest BCUT2D eigenvalue weighted by Gasteiger charge is -2.37. The summed E-state index contributed by atoms with van der Waals surface area (Å²) >= 11 is 0. The molecule has 0 saturated heterocycles. The van der Waals surface area contributed by atoms with E-state index in [2.05, 4.69) is 19.9 Å². The summed E-state index contributed by atoms with van der Waals surface area (Å²) < 4.78 is 47.0. The average Bonchev–Trinajstić information content (AvgIpc) is 2.86. The first kappa shape index (κ1) is 26.1. The molecule has 0 unspecified atom stereocenters. The minimum Gasteiger partial charge on any atom is -0.481 e. The number of aliphatic carboxylic acids is 1. The minimum absolute atomic E-state index is 0.00330. The van der Waals surface area contributed by atoms with Crippen LogP contribution < -0.4 is 10.5 Å². The van der Waals surface area contributed by atoms with Crippen LogP contribution in [-0.2, 0) is 16.8 Å². The van der Waals surface area contributed by atoms with Crippen LogP contribution in [0.4, 0.5) is 19.1 Å². The number of carboxylic acid groups (broad SMARTS) is 1. The largest absolute Gasteiger partial charge is 0.481 e. The lowest BCUT2D eigenvalue weighted by Crippen LogP contribution is -2.43. The number of carboxylic acids is 1. The summed E-state index contributed by atoms with van der Waals surface area (Å²) in [6.07, 6.45) is -1.02. The molecular weight excluding hydrogens is 511 g/mol. The van der Waals surface area contributed by atoms with E-state index in [9.17, 15) is 23.1 Å². The highest BCUT2D eigenvalue weighted by Gasteiger charge is 2.47. The second-order valence-corrected chi connectivity index (χ2v) is 9.38. The van der Waals surface area contributed by atoms with Crippen molar-refractivity contribution in [3.8, 4) is 28.3 Å². The van der Waals surface area contributed by atoms with Gasteiger partial charge in [-0.1, -0.05) is 12.5 Å². The molecule has 3 aromatic heterocycles. The highest BCUT2D eigenvalue weighted by Crippen LogP contribution is 2.43. The number of aromatic nitrogens is 4. The van der Waals surface area contributed by atoms with E-state index in [0.29, 0.717) is 41.1 Å². The van der Waals surface area contributed by atoms with Crippen LogP contribution in [0.15, 0.2) is 54.6 Å². The second-order valence-electron chi connectivity index (χ2n) is 9.38. The van der Waals surface area contributed by atoms with Gasteiger partial charge in [0.25, 0.3) is 6.43 Å². The number of pyridine rings is 2. The van der Waals surface area contributed by atoms with Crippen molar-refractivity contribution < 1.29 is 27.8 Å². The van der Waals surface area contributed by atoms with Crippen LogP contribution in [0.25, 0.3) is 22.4 Å². The quantitative estimate of drug-likeness (QED) is 0.297. The number of ether oxygens (including phenoxy) is 1. The standard InChI is InChI=1S/C28H24F3N5O3/c1-15-12-17(13-20(33-15)24(30)31)22-23(16-6-8-18(29)9-7-16)35-27(32)36-25(22)39-14-19-4-2-5-21(34-19)28(26(37)38)10-3-11-28/h2,4-9,12-13,24H,3,10-11,14H2,1H3,(H,37,38)(H2,32,35,36). The van der Waals surface area contributed by atoms with Gasteiger partial charge in [0.15, 0.2) is 0 Å². The van der Waals surface area contributed by atoms with Gasteiger partial charge in [-0.15, -0.1) is 0 Å². The van der Waals surface area contributed by atoms with Gasteiger partial charge < -0.3 is 15.6 Å². The molecule has 1 aliphatic carbocycles. The van der Waals surface area contributed by atoms with Crippen molar-refractivity contribution in [2.45, 2.75) is 44.6 Å². The first-order chi connectivity index (χ1) is 18.7. The van der Waals surface area contributed by atoms with Gasteiger partial charge in [-0.25, -0.2) is 18.2 Å². The Balaban J connectivity index is 1.59. The molecule has 39 heavy (non-hydrogen) atoms. The van der Waals surface area contributed by atoms with Crippen molar-refractivity contribution in [3.63, 3.8) is 0 Å². The Morgan fingerprint density at radius 2 is 1.79 bits per heavy atom. The predicted molar refractivity (Wildman–Crippen MR) is 136 cm³/mol. The molecule has 11 heteroatoms. The summed E-state index contributed by atoms with van der Waals surface area (Å²) in [4.78, 5) is 29.0. The van der Waals surface area contributed by atoms with Crippen molar-refractivity contribution in [3.05, 3.63) is 83.2 Å². The number of benzene rings is 1. The first-order valence-electron chi connectivity index (χ1n) is 12.2. The molecule has 3 N–H and O–H groups in total. The maximum Gasteiger partial charge on any atom is 0.315 e. The molecule has 1 saturated carbocycles. The number of anilines is 1. The molecule has 200 valence electrons. The number of rotatable bonds is 8. The molecule has 1 aliphatic rings. The molecule has 0 aliphatic heterocycles. The van der Waals surface area contributed by atoms with Crippen LogP contribution in [-0.4, -0.2) is 31.0 Å². The molecule has 0 radical (unpaired) electrons. The SMILES string of the molecule is Cc1cc(-c2c(OCc3cccc(C4(C(=O)O)CCC4)n3)nc(N)nc2-c2ccc(F)cc2)cc(C(F)F)n1. The van der Waals surface area contributed by atoms with Gasteiger partial charge in [0.05, 0.1) is 22.6 Å². The van der Waals surface area contributed by atoms with E-state index in [0.717, 1.165) is 6.42 Å². The minimum atomic E-state index is -2.82. The van der Waals surface area contributed by atoms with E-state index in [1.807, 2.05) is 0 Å². The zero-order valence-electron chi connectivity index (χ0n) is 20.9. The van der Waals surface area contributed by atoms with Crippen molar-refractivity contribution in [2.24, 2.45) is 0 Å². The van der Waals surface area contributed by atoms with Gasteiger partial charge in [0, 0.05) is 11.3 Å². The van der Waals surface area contributed by atoms with Crippen LogP contribution >= 0.6 is 0 Å². The Bertz CT molecular complexity index is 1540. The normalized spacial score (nSPS) is 14.2. The molecule has 0 spiro atoms. The first-order valence-corrected chi connectivity index (χ1v) is 12.2. The summed E-state index contributed by atoms with van der Waals surface area (Å²) in [6, 6.07) is 13.4. The number of alkyl halides is 2. The smallest absolute Gasteiger partial charge is 0.315 e. The van der Waals surface area contributed by atoms with Crippen LogP contribution in [0.5, 0.6) is 5.88 Å². The van der Waals surface area contributed by atoms with Gasteiger partial charge in [-0.2, -0.15) is 4.98 Å². The van der Waals surface area contributed by atoms with Crippen LogP contribution in [0.1, 0.15) is 48.5 Å². The van der Waals surface area contributed by atoms with E-state index >= 15 is 0 Å². The van der Waals surface area contributed by atoms with E-state index in [1.54, 1.807) is 31.2 Å². The molecule has 1 aromatic carbocycles. The monoisotopic (exact) mass is 535 g/mol. The maximum absolute atomic E-state index is 13.7. The molecule has 8 nitrogen and oxygen atoms in total. The third-order valence-electron chi connectivity index (χ3n) is 6.77. The molecule has 0 amide bonds. The molecule has 5 rings (SSSR count). The molecular formula is C28H24F3N5O3. The van der Waals surface area contributed by atoms with Crippen LogP contribution in [0, 0.1) is 12.7 Å². The number of nitrogens with zero attached hydrogens (tertiary/aromatic N) is 4. The van der Waals surface area contributed by atoms with Crippen molar-refractivity contribution >= 4 is 11.9 Å². The predicted octanol–water partition coefficient (Wildman–Crippen LogP) is 5.65. The number of carbonyl (C=O) groups is 1. The number of aryl methyl sites for hydroxylation is 1. The van der Waals surface area contributed by atoms with Gasteiger partial charge in [0.2, 0.25) is 11.8 Å². The maximum atomic E-state index is 13.7. The highest BCUT2D eigenvalue weighted by atomic mass is 19.3. The van der Waals surface area contributed by atoms with Crippen LogP contribution in [0.2, 0.25) is 0 Å². The third kappa shape index (κ3) is 5.12. The fourth-order valence-electron chi connectivity index (χ4n) is 4.67. The molecule has 1 fully saturated rings. The van der Waals surface area contributed by atoms with Gasteiger partial charge >= 0.3 is 5.97 Å². The van der Waals surface area contributed by atoms with Crippen molar-refractivity contribution in [1.29, 1.82) is 0 Å². The molecule has 0 atom stereocenters. The lowest BCUT2D eigenvalue weighted by molar-refractivity contribution is -0.147. The Kier molecular flexibility index (Phi) is 6.90. The molecule has 4 aromatic rings. The van der Waals surface area contributed by atoms with Gasteiger partial charge in [0.1, 0.15) is 23.5 Å². The summed E-state index contributed by atoms with van der Waals surface area (Å²) in [6.45, 7) is 1.47. The zero-order valence-corrected chi connectivity index (χ0v) is 20.9. The number of hydrogen-bond acceptors (Lipinski definition) is 7. The number of hydrogen-bond donors (Lipinski definition) is 2. The summed E-state index contributed by atoms with van der Waals surface area (Å²) in [5, 5.41) is 9.78. The third-order valence-corrected chi connectivity index (χ3v) is 6.77. The summed E-state index contributed by atoms with van der Waals surface area (Å²) in [5.74, 6) is -1.53. The van der Waals surface area contributed by atoms with E-state index in [4.69, 9.17) is 10.5 Å². The molecule has 0 bridgehead atoms. The topological polar surface area (TPSA) is 124 Å². The number of nitrogens with two attached hydrogens (primary N) is 1. The average molecular weight is 536 g/mol. The van der Waals surface area contributed by atoms with E-state index in [-0.39, 0.29) is 29.7 Å². The lowest BCUT2D eigenvalue weighted by atomic mass is 9.66. The fraction of sp³-hybridized carbons (Fsp3) is 0.250. The van der Waals surface area contributed by atoms with Crippen molar-refractivity contribution in [2.75, 3.05) is 5.73 Å². The van der Waals surface area contributed by atoms with E-state index < -0.39 is 29.3 Å². The van der Waals surface area contributed by atoms with Gasteiger partial charge in [-0.05, 0) is 73.9 Å². The zero-order chi connectivity index (χ0) is 27.7. The van der Waals surface area contributed by atoms with Crippen LogP contribution in [0.3, 0.4) is 0 Å². The fourth-order valence-corrected chi connectivity index (χ4v) is 4.67. The summed E-state index contributed by atoms with van der Waals surface area (Å²) in [7, 11) is 0. The second kappa shape index (κ2) is 10.3. The number of halogens is 3. The van der Waals surface area contributed by atoms with E-state index in [1.165, 1.54) is 30.3 Å². The Morgan fingerprint density at radius 3 is 2.44 bits per heavy atom. The molecule has 3 heterocycles. The Morgan fingerprint density at radius 1 is 1.05 bits per heavy atom. The Labute approximate surface area is 221 Å².